The summed E-state index contributed by atoms with van der Waals surface area (Å²) in [5.41, 5.74) is 2.84. The number of nitrogens with one attached hydrogen (secondary N) is 1. The highest BCUT2D eigenvalue weighted by atomic mass is 32.2. The minimum absolute atomic E-state index is 0.104. The summed E-state index contributed by atoms with van der Waals surface area (Å²) in [6, 6.07) is 17.2. The second-order valence-corrected chi connectivity index (χ2v) is 10.5. The fraction of sp³-hybridized carbons (Fsp3) is 0.259. The Morgan fingerprint density at radius 3 is 2.46 bits per heavy atom. The fourth-order valence-corrected chi connectivity index (χ4v) is 5.22. The predicted molar refractivity (Wildman–Crippen MR) is 147 cm³/mol. The molecule has 4 aromatic rings. The summed E-state index contributed by atoms with van der Waals surface area (Å²) >= 11 is 2.56. The first-order valence-electron chi connectivity index (χ1n) is 11.7. The summed E-state index contributed by atoms with van der Waals surface area (Å²) in [5.74, 6) is 1.30. The Balaban J connectivity index is 1.42. The maximum atomic E-state index is 12.8. The van der Waals surface area contributed by atoms with Crippen LogP contribution in [0.3, 0.4) is 0 Å². The molecule has 1 amide bonds. The SMILES string of the molecule is COC(=O)c1c(-c2ccccc2)csc1NC(=O)CSc1nnc(-c2ccc(OCC(C)C)cc2)n1C. The van der Waals surface area contributed by atoms with E-state index >= 15 is 0 Å². The van der Waals surface area contributed by atoms with Gasteiger partial charge in [0.2, 0.25) is 5.91 Å². The lowest BCUT2D eigenvalue weighted by atomic mass is 10.0. The van der Waals surface area contributed by atoms with Crippen molar-refractivity contribution >= 4 is 40.0 Å². The number of aromatic nitrogens is 3. The van der Waals surface area contributed by atoms with Crippen molar-refractivity contribution in [3.8, 4) is 28.3 Å². The highest BCUT2D eigenvalue weighted by molar-refractivity contribution is 7.99. The Bertz CT molecular complexity index is 1370. The van der Waals surface area contributed by atoms with Crippen LogP contribution in [-0.4, -0.2) is 46.1 Å². The van der Waals surface area contributed by atoms with Gasteiger partial charge in [0.25, 0.3) is 0 Å². The van der Waals surface area contributed by atoms with Crippen molar-refractivity contribution in [3.05, 3.63) is 65.5 Å². The summed E-state index contributed by atoms with van der Waals surface area (Å²) in [6.07, 6.45) is 0. The molecule has 0 radical (unpaired) electrons. The van der Waals surface area contributed by atoms with E-state index in [4.69, 9.17) is 9.47 Å². The van der Waals surface area contributed by atoms with Crippen LogP contribution in [0.4, 0.5) is 5.00 Å². The zero-order valence-electron chi connectivity index (χ0n) is 21.1. The van der Waals surface area contributed by atoms with Crippen LogP contribution in [0.1, 0.15) is 24.2 Å². The molecule has 2 heterocycles. The minimum Gasteiger partial charge on any atom is -0.493 e. The van der Waals surface area contributed by atoms with E-state index in [1.165, 1.54) is 30.2 Å². The van der Waals surface area contributed by atoms with Gasteiger partial charge < -0.3 is 19.4 Å². The van der Waals surface area contributed by atoms with E-state index < -0.39 is 5.97 Å². The summed E-state index contributed by atoms with van der Waals surface area (Å²) in [7, 11) is 3.19. The molecule has 0 fully saturated rings. The second kappa shape index (κ2) is 12.1. The smallest absolute Gasteiger partial charge is 0.341 e. The number of esters is 1. The van der Waals surface area contributed by atoms with Crippen LogP contribution in [0.2, 0.25) is 0 Å². The molecule has 0 spiro atoms. The van der Waals surface area contributed by atoms with Gasteiger partial charge in [0.05, 0.1) is 19.5 Å². The quantitative estimate of drug-likeness (QED) is 0.203. The first kappa shape index (κ1) is 26.4. The number of anilines is 1. The van der Waals surface area contributed by atoms with Gasteiger partial charge in [-0.15, -0.1) is 21.5 Å². The van der Waals surface area contributed by atoms with Gasteiger partial charge in [0.15, 0.2) is 11.0 Å². The van der Waals surface area contributed by atoms with Crippen LogP contribution in [-0.2, 0) is 16.6 Å². The van der Waals surface area contributed by atoms with Gasteiger partial charge >= 0.3 is 5.97 Å². The molecule has 4 rings (SSSR count). The lowest BCUT2D eigenvalue weighted by Gasteiger charge is -2.09. The predicted octanol–water partition coefficient (Wildman–Crippen LogP) is 5.76. The van der Waals surface area contributed by atoms with Crippen LogP contribution in [0.25, 0.3) is 22.5 Å². The number of methoxy groups -OCH3 is 1. The second-order valence-electron chi connectivity index (χ2n) is 8.64. The van der Waals surface area contributed by atoms with E-state index in [-0.39, 0.29) is 11.7 Å². The monoisotopic (exact) mass is 536 g/mol. The lowest BCUT2D eigenvalue weighted by molar-refractivity contribution is -0.113. The molecule has 0 aliphatic rings. The minimum atomic E-state index is -0.498. The molecule has 2 aromatic heterocycles. The fourth-order valence-electron chi connectivity index (χ4n) is 3.53. The van der Waals surface area contributed by atoms with Crippen LogP contribution in [0, 0.1) is 5.92 Å². The third-order valence-electron chi connectivity index (χ3n) is 5.38. The average Bonchev–Trinajstić information content (AvgIpc) is 3.49. The van der Waals surface area contributed by atoms with E-state index in [1.54, 1.807) is 0 Å². The maximum absolute atomic E-state index is 12.8. The van der Waals surface area contributed by atoms with Crippen molar-refractivity contribution < 1.29 is 19.1 Å². The van der Waals surface area contributed by atoms with E-state index in [2.05, 4.69) is 29.4 Å². The standard InChI is InChI=1S/C27H28N4O4S2/c1-17(2)14-35-20-12-10-19(11-13-20)24-29-30-27(31(24)3)37-16-22(32)28-25-23(26(33)34-4)21(15-36-25)18-8-6-5-7-9-18/h5-13,15,17H,14,16H2,1-4H3,(H,28,32). The number of amides is 1. The van der Waals surface area contributed by atoms with Gasteiger partial charge in [-0.1, -0.05) is 55.9 Å². The van der Waals surface area contributed by atoms with E-state index in [9.17, 15) is 9.59 Å². The number of ether oxygens (including phenoxy) is 2. The Morgan fingerprint density at radius 1 is 1.05 bits per heavy atom. The molecule has 2 aromatic carbocycles. The van der Waals surface area contributed by atoms with Gasteiger partial charge in [0, 0.05) is 23.6 Å². The molecule has 0 atom stereocenters. The maximum Gasteiger partial charge on any atom is 0.341 e. The molecular formula is C27H28N4O4S2. The third-order valence-corrected chi connectivity index (χ3v) is 7.30. The largest absolute Gasteiger partial charge is 0.493 e. The van der Waals surface area contributed by atoms with Crippen molar-refractivity contribution in [2.45, 2.75) is 19.0 Å². The number of nitrogens with zero attached hydrogens (tertiary/aromatic N) is 3. The van der Waals surface area contributed by atoms with Crippen molar-refractivity contribution in [2.75, 3.05) is 24.8 Å². The molecule has 8 nitrogen and oxygen atoms in total. The molecule has 37 heavy (non-hydrogen) atoms. The summed E-state index contributed by atoms with van der Waals surface area (Å²) in [6.45, 7) is 4.87. The van der Waals surface area contributed by atoms with Gasteiger partial charge in [0.1, 0.15) is 16.3 Å². The number of thioether (sulfide) groups is 1. The first-order valence-corrected chi connectivity index (χ1v) is 13.5. The van der Waals surface area contributed by atoms with Crippen molar-refractivity contribution in [2.24, 2.45) is 13.0 Å². The van der Waals surface area contributed by atoms with E-state index in [0.717, 1.165) is 22.4 Å². The van der Waals surface area contributed by atoms with Gasteiger partial charge in [-0.3, -0.25) is 4.79 Å². The molecule has 0 aliphatic heterocycles. The Kier molecular flexibility index (Phi) is 8.62. The Hall–Kier alpha value is -3.63. The number of carbonyl (C=O) groups excluding carboxylic acids is 2. The van der Waals surface area contributed by atoms with E-state index in [0.29, 0.717) is 34.1 Å². The van der Waals surface area contributed by atoms with Crippen molar-refractivity contribution in [1.29, 1.82) is 0 Å². The number of thiophene rings is 1. The molecule has 0 saturated heterocycles. The van der Waals surface area contributed by atoms with Gasteiger partial charge in [-0.05, 0) is 35.7 Å². The average molecular weight is 537 g/mol. The molecule has 0 bridgehead atoms. The number of benzene rings is 2. The molecular weight excluding hydrogens is 508 g/mol. The third kappa shape index (κ3) is 6.39. The van der Waals surface area contributed by atoms with Crippen LogP contribution >= 0.6 is 23.1 Å². The highest BCUT2D eigenvalue weighted by Gasteiger charge is 2.22. The highest BCUT2D eigenvalue weighted by Crippen LogP contribution is 2.36. The molecule has 1 N–H and O–H groups in total. The molecule has 0 unspecified atom stereocenters. The van der Waals surface area contributed by atoms with Gasteiger partial charge in [-0.2, -0.15) is 0 Å². The topological polar surface area (TPSA) is 95.3 Å². The van der Waals surface area contributed by atoms with Crippen molar-refractivity contribution in [3.63, 3.8) is 0 Å². The number of rotatable bonds is 10. The van der Waals surface area contributed by atoms with Crippen LogP contribution < -0.4 is 10.1 Å². The molecule has 192 valence electrons. The molecule has 0 aliphatic carbocycles. The van der Waals surface area contributed by atoms with E-state index in [1.807, 2.05) is 71.6 Å². The molecule has 10 heteroatoms. The van der Waals surface area contributed by atoms with Crippen LogP contribution in [0.5, 0.6) is 5.75 Å². The van der Waals surface area contributed by atoms with Gasteiger partial charge in [-0.25, -0.2) is 4.79 Å². The number of hydrogen-bond acceptors (Lipinski definition) is 8. The van der Waals surface area contributed by atoms with Crippen LogP contribution in [0.15, 0.2) is 65.1 Å². The molecule has 0 saturated carbocycles. The normalized spacial score (nSPS) is 10.9. The lowest BCUT2D eigenvalue weighted by Crippen LogP contribution is -2.16. The first-order chi connectivity index (χ1) is 17.9. The zero-order valence-corrected chi connectivity index (χ0v) is 22.7. The zero-order chi connectivity index (χ0) is 26.4. The number of carbonyl (C=O) groups is 2. The Morgan fingerprint density at radius 2 is 1.78 bits per heavy atom. The number of hydrogen-bond donors (Lipinski definition) is 1. The summed E-state index contributed by atoms with van der Waals surface area (Å²) in [5, 5.41) is 14.3. The summed E-state index contributed by atoms with van der Waals surface area (Å²) < 4.78 is 12.6. The Labute approximate surface area is 224 Å². The van der Waals surface area contributed by atoms with Crippen molar-refractivity contribution in [1.82, 2.24) is 14.8 Å². The summed E-state index contributed by atoms with van der Waals surface area (Å²) in [4.78, 5) is 25.3.